The molecule has 3 unspecified atom stereocenters. The molecule has 3 atom stereocenters. The summed E-state index contributed by atoms with van der Waals surface area (Å²) in [6.45, 7) is 8.24. The Labute approximate surface area is 109 Å². The highest BCUT2D eigenvalue weighted by Crippen LogP contribution is 2.62. The van der Waals surface area contributed by atoms with Gasteiger partial charge in [0.2, 0.25) is 6.39 Å². The summed E-state index contributed by atoms with van der Waals surface area (Å²) >= 11 is 0. The van der Waals surface area contributed by atoms with Crippen molar-refractivity contribution in [3.05, 3.63) is 12.2 Å². The average Bonchev–Trinajstić information content (AvgIpc) is 2.96. The van der Waals surface area contributed by atoms with Gasteiger partial charge in [0, 0.05) is 19.0 Å². The standard InChI is InChI=1S/C14H23N3O/c1-13(2)10-4-6-14(3,8-10)12(13)15-7-5-11-16-9-18-17-11/h9-10,12,15H,4-8H2,1-3H3. The summed E-state index contributed by atoms with van der Waals surface area (Å²) in [4.78, 5) is 4.06. The van der Waals surface area contributed by atoms with Crippen molar-refractivity contribution in [3.8, 4) is 0 Å². The maximum Gasteiger partial charge on any atom is 0.213 e. The lowest BCUT2D eigenvalue weighted by molar-refractivity contribution is 0.110. The summed E-state index contributed by atoms with van der Waals surface area (Å²) in [5.74, 6) is 1.69. The van der Waals surface area contributed by atoms with Crippen molar-refractivity contribution in [2.75, 3.05) is 6.54 Å². The predicted molar refractivity (Wildman–Crippen MR) is 69.0 cm³/mol. The fourth-order valence-electron chi connectivity index (χ4n) is 4.44. The minimum absolute atomic E-state index is 0.421. The second-order valence-electron chi connectivity index (χ2n) is 6.90. The van der Waals surface area contributed by atoms with Gasteiger partial charge in [-0.05, 0) is 36.0 Å². The molecular formula is C14H23N3O. The van der Waals surface area contributed by atoms with Crippen LogP contribution >= 0.6 is 0 Å². The Morgan fingerprint density at radius 3 is 2.89 bits per heavy atom. The number of fused-ring (bicyclic) bond motifs is 2. The lowest BCUT2D eigenvalue weighted by Gasteiger charge is -2.43. The Morgan fingerprint density at radius 1 is 1.44 bits per heavy atom. The quantitative estimate of drug-likeness (QED) is 0.890. The third-order valence-electron chi connectivity index (χ3n) is 5.37. The fourth-order valence-corrected chi connectivity index (χ4v) is 4.44. The van der Waals surface area contributed by atoms with Crippen LogP contribution in [0.2, 0.25) is 0 Å². The van der Waals surface area contributed by atoms with E-state index in [1.54, 1.807) is 0 Å². The first kappa shape index (κ1) is 12.2. The zero-order valence-corrected chi connectivity index (χ0v) is 11.6. The summed E-state index contributed by atoms with van der Waals surface area (Å²) in [5.41, 5.74) is 0.912. The van der Waals surface area contributed by atoms with Crippen LogP contribution in [0, 0.1) is 16.7 Å². The third kappa shape index (κ3) is 1.78. The van der Waals surface area contributed by atoms with Gasteiger partial charge in [0.25, 0.3) is 0 Å². The first-order valence-corrected chi connectivity index (χ1v) is 7.01. The second kappa shape index (κ2) is 4.05. The van der Waals surface area contributed by atoms with Crippen molar-refractivity contribution in [3.63, 3.8) is 0 Å². The van der Waals surface area contributed by atoms with E-state index in [4.69, 9.17) is 4.52 Å². The average molecular weight is 249 g/mol. The van der Waals surface area contributed by atoms with Crippen molar-refractivity contribution >= 4 is 0 Å². The van der Waals surface area contributed by atoms with E-state index in [1.807, 2.05) is 0 Å². The number of hydrogen-bond acceptors (Lipinski definition) is 4. The van der Waals surface area contributed by atoms with E-state index in [2.05, 4.69) is 36.2 Å². The molecule has 1 N–H and O–H groups in total. The molecule has 1 heterocycles. The van der Waals surface area contributed by atoms with Crippen molar-refractivity contribution in [1.82, 2.24) is 15.5 Å². The summed E-state index contributed by atoms with van der Waals surface area (Å²) in [5, 5.41) is 7.62. The molecule has 0 radical (unpaired) electrons. The van der Waals surface area contributed by atoms with E-state index in [1.165, 1.54) is 25.7 Å². The predicted octanol–water partition coefficient (Wildman–Crippen LogP) is 2.42. The third-order valence-corrected chi connectivity index (χ3v) is 5.37. The Balaban J connectivity index is 1.62. The van der Waals surface area contributed by atoms with Gasteiger partial charge in [-0.25, -0.2) is 0 Å². The molecule has 0 aromatic carbocycles. The van der Waals surface area contributed by atoms with Crippen LogP contribution in [0.5, 0.6) is 0 Å². The Hall–Kier alpha value is -0.900. The maximum absolute atomic E-state index is 4.76. The number of hydrogen-bond donors (Lipinski definition) is 1. The molecule has 2 saturated carbocycles. The molecule has 0 amide bonds. The summed E-state index contributed by atoms with van der Waals surface area (Å²) in [6, 6.07) is 0.621. The van der Waals surface area contributed by atoms with Crippen molar-refractivity contribution in [2.45, 2.75) is 52.5 Å². The first-order valence-electron chi connectivity index (χ1n) is 7.01. The molecule has 0 aliphatic heterocycles. The molecule has 2 bridgehead atoms. The Kier molecular flexibility index (Phi) is 2.73. The number of nitrogens with one attached hydrogen (secondary N) is 1. The molecule has 1 aromatic rings. The molecule has 100 valence electrons. The number of rotatable bonds is 4. The van der Waals surface area contributed by atoms with Crippen LogP contribution in [-0.2, 0) is 6.42 Å². The van der Waals surface area contributed by atoms with Crippen LogP contribution in [0.25, 0.3) is 0 Å². The van der Waals surface area contributed by atoms with Gasteiger partial charge in [0.05, 0.1) is 0 Å². The Morgan fingerprint density at radius 2 is 2.28 bits per heavy atom. The van der Waals surface area contributed by atoms with E-state index in [9.17, 15) is 0 Å². The molecule has 2 aliphatic carbocycles. The monoisotopic (exact) mass is 249 g/mol. The molecule has 4 heteroatoms. The SMILES string of the molecule is CC12CCC(C1)C(C)(C)C2NCCc1ncon1. The molecular weight excluding hydrogens is 226 g/mol. The molecule has 2 aliphatic rings. The molecule has 1 aromatic heterocycles. The van der Waals surface area contributed by atoms with Gasteiger partial charge in [0.15, 0.2) is 5.82 Å². The van der Waals surface area contributed by atoms with Crippen LogP contribution in [0.15, 0.2) is 10.9 Å². The molecule has 3 rings (SSSR count). The van der Waals surface area contributed by atoms with Crippen molar-refractivity contribution in [1.29, 1.82) is 0 Å². The first-order chi connectivity index (χ1) is 8.52. The van der Waals surface area contributed by atoms with Crippen LogP contribution in [0.1, 0.15) is 45.9 Å². The topological polar surface area (TPSA) is 51.0 Å². The van der Waals surface area contributed by atoms with Gasteiger partial charge in [0.1, 0.15) is 0 Å². The summed E-state index contributed by atoms with van der Waals surface area (Å²) < 4.78 is 4.76. The molecule has 2 fully saturated rings. The molecule has 18 heavy (non-hydrogen) atoms. The fraction of sp³-hybridized carbons (Fsp3) is 0.857. The Bertz CT molecular complexity index is 410. The van der Waals surface area contributed by atoms with Gasteiger partial charge < -0.3 is 9.84 Å². The largest absolute Gasteiger partial charge is 0.343 e. The highest BCUT2D eigenvalue weighted by molar-refractivity contribution is 5.12. The van der Waals surface area contributed by atoms with Gasteiger partial charge in [-0.3, -0.25) is 0 Å². The van der Waals surface area contributed by atoms with Crippen LogP contribution in [0.4, 0.5) is 0 Å². The maximum atomic E-state index is 4.76. The highest BCUT2D eigenvalue weighted by Gasteiger charge is 2.58. The van der Waals surface area contributed by atoms with Gasteiger partial charge >= 0.3 is 0 Å². The lowest BCUT2D eigenvalue weighted by Crippen LogP contribution is -2.50. The normalized spacial score (nSPS) is 37.3. The second-order valence-corrected chi connectivity index (χ2v) is 6.90. The van der Waals surface area contributed by atoms with E-state index in [0.29, 0.717) is 16.9 Å². The van der Waals surface area contributed by atoms with Crippen molar-refractivity contribution < 1.29 is 4.52 Å². The van der Waals surface area contributed by atoms with Crippen LogP contribution in [0.3, 0.4) is 0 Å². The molecule has 0 saturated heterocycles. The smallest absolute Gasteiger partial charge is 0.213 e. The van der Waals surface area contributed by atoms with Gasteiger partial charge in [-0.1, -0.05) is 25.9 Å². The van der Waals surface area contributed by atoms with E-state index in [-0.39, 0.29) is 0 Å². The van der Waals surface area contributed by atoms with E-state index >= 15 is 0 Å². The summed E-state index contributed by atoms with van der Waals surface area (Å²) in [7, 11) is 0. The van der Waals surface area contributed by atoms with Crippen LogP contribution < -0.4 is 5.32 Å². The molecule has 4 nitrogen and oxygen atoms in total. The minimum atomic E-state index is 0.421. The highest BCUT2D eigenvalue weighted by atomic mass is 16.5. The zero-order chi connectivity index (χ0) is 12.8. The zero-order valence-electron chi connectivity index (χ0n) is 11.6. The summed E-state index contributed by atoms with van der Waals surface area (Å²) in [6.07, 6.45) is 6.43. The number of nitrogens with zero attached hydrogens (tertiary/aromatic N) is 2. The molecule has 0 spiro atoms. The van der Waals surface area contributed by atoms with Crippen LogP contribution in [-0.4, -0.2) is 22.7 Å². The van der Waals surface area contributed by atoms with E-state index in [0.717, 1.165) is 24.7 Å². The lowest BCUT2D eigenvalue weighted by atomic mass is 9.68. The minimum Gasteiger partial charge on any atom is -0.343 e. The van der Waals surface area contributed by atoms with Crippen molar-refractivity contribution in [2.24, 2.45) is 16.7 Å². The van der Waals surface area contributed by atoms with Gasteiger partial charge in [-0.2, -0.15) is 4.98 Å². The van der Waals surface area contributed by atoms with E-state index < -0.39 is 0 Å². The van der Waals surface area contributed by atoms with Gasteiger partial charge in [-0.15, -0.1) is 0 Å². The number of aromatic nitrogens is 2.